The Bertz CT molecular complexity index is 1260. The minimum atomic E-state index is 0.505. The zero-order chi connectivity index (χ0) is 29.5. The monoisotopic (exact) mass is 580 g/mol. The smallest absolute Gasteiger partial charge is 0.0515 e. The van der Waals surface area contributed by atoms with Crippen molar-refractivity contribution in [1.82, 2.24) is 0 Å². The number of benzene rings is 2. The maximum absolute atomic E-state index is 2.62. The van der Waals surface area contributed by atoms with Crippen molar-refractivity contribution in [3.63, 3.8) is 0 Å². The summed E-state index contributed by atoms with van der Waals surface area (Å²) in [5, 5.41) is 0.588. The molecule has 0 radical (unpaired) electrons. The van der Waals surface area contributed by atoms with Crippen LogP contribution in [0.2, 0.25) is 0 Å². The van der Waals surface area contributed by atoms with Gasteiger partial charge in [-0.25, -0.2) is 0 Å². The third-order valence-corrected chi connectivity index (χ3v) is 14.0. The normalized spacial score (nSPS) is 22.5. The zero-order valence-corrected chi connectivity index (χ0v) is 28.5. The first-order valence-corrected chi connectivity index (χ1v) is 18.8. The molecule has 2 atom stereocenters. The Hall–Kier alpha value is -1.73. The fourth-order valence-corrected chi connectivity index (χ4v) is 10.7. The van der Waals surface area contributed by atoms with Gasteiger partial charge in [0.2, 0.25) is 0 Å². The third-order valence-electron chi connectivity index (χ3n) is 12.5. The maximum Gasteiger partial charge on any atom is 0.0515 e. The van der Waals surface area contributed by atoms with Crippen molar-refractivity contribution in [2.24, 2.45) is 10.8 Å². The van der Waals surface area contributed by atoms with Gasteiger partial charge in [0.25, 0.3) is 0 Å². The topological polar surface area (TPSA) is 0 Å². The number of hydrogen-bond donors (Lipinski definition) is 0. The van der Waals surface area contributed by atoms with Crippen molar-refractivity contribution in [1.29, 1.82) is 0 Å². The molecule has 0 aromatic heterocycles. The summed E-state index contributed by atoms with van der Waals surface area (Å²) in [5.74, 6) is 1.95. The van der Waals surface area contributed by atoms with Crippen molar-refractivity contribution in [2.75, 3.05) is 5.75 Å². The standard InChI is InChI=1S/C41H56S/c1-7-28-22-35-33(19-17-30-24-40(9-3,10-4)26-37(30)35)32(28)16-14-13-15-21-42-39-29(8-2)23-36-34(39)20-18-31-25-41(11-5,12-6)27-38(31)36/h17-20,22-23,32,39H,7-16,21,24-27H2,1-6H3. The molecule has 0 spiro atoms. The van der Waals surface area contributed by atoms with Gasteiger partial charge < -0.3 is 0 Å². The van der Waals surface area contributed by atoms with Crippen LogP contribution in [0.5, 0.6) is 0 Å². The Morgan fingerprint density at radius 1 is 0.619 bits per heavy atom. The zero-order valence-electron chi connectivity index (χ0n) is 27.6. The van der Waals surface area contributed by atoms with E-state index in [2.05, 4.69) is 89.7 Å². The summed E-state index contributed by atoms with van der Waals surface area (Å²) in [5.41, 5.74) is 17.6. The molecule has 0 aliphatic heterocycles. The van der Waals surface area contributed by atoms with Crippen LogP contribution in [0.3, 0.4) is 0 Å². The first kappa shape index (κ1) is 30.3. The minimum Gasteiger partial charge on any atom is -0.149 e. The molecule has 4 aliphatic carbocycles. The molecule has 2 aromatic rings. The first-order valence-electron chi connectivity index (χ1n) is 17.8. The molecule has 0 bridgehead atoms. The lowest BCUT2D eigenvalue weighted by Gasteiger charge is -2.25. The molecule has 1 heteroatoms. The van der Waals surface area contributed by atoms with Gasteiger partial charge in [0.05, 0.1) is 5.25 Å². The molecule has 0 nitrogen and oxygen atoms in total. The maximum atomic E-state index is 2.62. The lowest BCUT2D eigenvalue weighted by Crippen LogP contribution is -2.18. The van der Waals surface area contributed by atoms with E-state index in [4.69, 9.17) is 0 Å². The van der Waals surface area contributed by atoms with Crippen molar-refractivity contribution in [2.45, 2.75) is 143 Å². The SMILES string of the molecule is CCC1=Cc2c(ccc3c2CC(CC)(CC)C3)C1CCCCCSC1C(CC)=Cc2c1ccc1c2CC(CC)(CC)C1. The van der Waals surface area contributed by atoms with Crippen LogP contribution in [0.4, 0.5) is 0 Å². The van der Waals surface area contributed by atoms with E-state index >= 15 is 0 Å². The fourth-order valence-electron chi connectivity index (χ4n) is 9.21. The number of unbranched alkanes of at least 4 members (excludes halogenated alkanes) is 2. The molecule has 0 fully saturated rings. The largest absolute Gasteiger partial charge is 0.149 e. The summed E-state index contributed by atoms with van der Waals surface area (Å²) in [4.78, 5) is 0. The Balaban J connectivity index is 1.05. The molecule has 6 rings (SSSR count). The van der Waals surface area contributed by atoms with E-state index in [1.54, 1.807) is 55.7 Å². The van der Waals surface area contributed by atoms with Gasteiger partial charge in [0, 0.05) is 5.92 Å². The highest BCUT2D eigenvalue weighted by Crippen LogP contribution is 2.52. The van der Waals surface area contributed by atoms with E-state index in [0.717, 1.165) is 0 Å². The number of hydrogen-bond acceptors (Lipinski definition) is 1. The molecule has 226 valence electrons. The van der Waals surface area contributed by atoms with Crippen molar-refractivity contribution < 1.29 is 0 Å². The lowest BCUT2D eigenvalue weighted by atomic mass is 9.79. The number of rotatable bonds is 13. The Morgan fingerprint density at radius 2 is 1.17 bits per heavy atom. The van der Waals surface area contributed by atoms with Crippen LogP contribution >= 0.6 is 11.8 Å². The van der Waals surface area contributed by atoms with E-state index in [0.29, 0.717) is 22.0 Å². The summed E-state index contributed by atoms with van der Waals surface area (Å²) in [6.07, 6.45) is 23.4. The molecule has 2 unspecified atom stereocenters. The highest BCUT2D eigenvalue weighted by molar-refractivity contribution is 7.99. The second-order valence-electron chi connectivity index (χ2n) is 14.3. The van der Waals surface area contributed by atoms with Gasteiger partial charge in [-0.05, 0) is 138 Å². The van der Waals surface area contributed by atoms with Crippen LogP contribution in [0.1, 0.15) is 161 Å². The molecule has 0 saturated carbocycles. The minimum absolute atomic E-state index is 0.505. The van der Waals surface area contributed by atoms with Crippen LogP contribution in [0.25, 0.3) is 12.2 Å². The molecule has 0 amide bonds. The Kier molecular flexibility index (Phi) is 8.90. The average molecular weight is 581 g/mol. The van der Waals surface area contributed by atoms with E-state index in [1.165, 1.54) is 95.6 Å². The second-order valence-corrected chi connectivity index (χ2v) is 15.5. The van der Waals surface area contributed by atoms with Gasteiger partial charge in [-0.2, -0.15) is 0 Å². The molecule has 0 saturated heterocycles. The van der Waals surface area contributed by atoms with Gasteiger partial charge in [-0.1, -0.05) is 102 Å². The van der Waals surface area contributed by atoms with Gasteiger partial charge >= 0.3 is 0 Å². The second kappa shape index (κ2) is 12.3. The number of allylic oxidation sites excluding steroid dienone is 1. The van der Waals surface area contributed by atoms with Crippen LogP contribution in [-0.2, 0) is 25.7 Å². The van der Waals surface area contributed by atoms with Crippen LogP contribution in [0, 0.1) is 10.8 Å². The van der Waals surface area contributed by atoms with Gasteiger partial charge in [-0.15, -0.1) is 11.8 Å². The third kappa shape index (κ3) is 5.18. The van der Waals surface area contributed by atoms with E-state index in [1.807, 2.05) is 0 Å². The predicted molar refractivity (Wildman–Crippen MR) is 187 cm³/mol. The van der Waals surface area contributed by atoms with Crippen LogP contribution < -0.4 is 0 Å². The summed E-state index contributed by atoms with van der Waals surface area (Å²) < 4.78 is 0. The van der Waals surface area contributed by atoms with Gasteiger partial charge in [0.1, 0.15) is 0 Å². The quantitative estimate of drug-likeness (QED) is 0.212. The lowest BCUT2D eigenvalue weighted by molar-refractivity contribution is 0.280. The highest BCUT2D eigenvalue weighted by atomic mass is 32.2. The summed E-state index contributed by atoms with van der Waals surface area (Å²) >= 11 is 2.23. The molecule has 0 heterocycles. The fraction of sp³-hybridized carbons (Fsp3) is 0.610. The molecule has 4 aliphatic rings. The predicted octanol–water partition coefficient (Wildman–Crippen LogP) is 12.2. The Labute approximate surface area is 262 Å². The van der Waals surface area contributed by atoms with Crippen molar-refractivity contribution in [3.05, 3.63) is 79.9 Å². The molecule has 42 heavy (non-hydrogen) atoms. The van der Waals surface area contributed by atoms with E-state index in [-0.39, 0.29) is 0 Å². The molecule has 0 N–H and O–H groups in total. The van der Waals surface area contributed by atoms with E-state index < -0.39 is 0 Å². The molecule has 2 aromatic carbocycles. The summed E-state index contributed by atoms with van der Waals surface area (Å²) in [7, 11) is 0. The van der Waals surface area contributed by atoms with Crippen LogP contribution in [0.15, 0.2) is 35.4 Å². The molecular weight excluding hydrogens is 525 g/mol. The van der Waals surface area contributed by atoms with E-state index in [9.17, 15) is 0 Å². The molecular formula is C41H56S. The average Bonchev–Trinajstić information content (AvgIpc) is 3.78. The van der Waals surface area contributed by atoms with Crippen LogP contribution in [-0.4, -0.2) is 5.75 Å². The number of thioether (sulfide) groups is 1. The van der Waals surface area contributed by atoms with Crippen molar-refractivity contribution >= 4 is 23.9 Å². The summed E-state index contributed by atoms with van der Waals surface area (Å²) in [6, 6.07) is 10.0. The summed E-state index contributed by atoms with van der Waals surface area (Å²) in [6.45, 7) is 14.4. The van der Waals surface area contributed by atoms with Gasteiger partial charge in [0.15, 0.2) is 0 Å². The van der Waals surface area contributed by atoms with Crippen molar-refractivity contribution in [3.8, 4) is 0 Å². The highest BCUT2D eigenvalue weighted by Gasteiger charge is 2.39. The number of fused-ring (bicyclic) bond motifs is 6. The van der Waals surface area contributed by atoms with Gasteiger partial charge in [-0.3, -0.25) is 0 Å². The first-order chi connectivity index (χ1) is 20.4. The Morgan fingerprint density at radius 3 is 1.74 bits per heavy atom.